The second-order valence-corrected chi connectivity index (χ2v) is 6.36. The van der Waals surface area contributed by atoms with Gasteiger partial charge in [-0.25, -0.2) is 4.98 Å². The van der Waals surface area contributed by atoms with Crippen LogP contribution in [0.5, 0.6) is 5.88 Å². The van der Waals surface area contributed by atoms with E-state index < -0.39 is 40.1 Å². The summed E-state index contributed by atoms with van der Waals surface area (Å²) in [5, 5.41) is 43.3. The second-order valence-electron chi connectivity index (χ2n) is 6.36. The molecule has 1 aromatic rings. The molecule has 12 heteroatoms. The van der Waals surface area contributed by atoms with Crippen LogP contribution in [0.15, 0.2) is 42.5 Å². The standard InChI is InChI=1S/C20H14N5O7/c1-32-20(29)15(17(26)19(28)23-12-5-3-2-4-10(12)9-21)16-18(27)24-14-8-11(25(30)31)6-7-13(14)22-16/h2-8,15H,1H3,(H3-,22,23,24,26,27,28,30,31)/q-1. The summed E-state index contributed by atoms with van der Waals surface area (Å²) in [5.74, 6) is -6.41. The van der Waals surface area contributed by atoms with E-state index in [1.807, 2.05) is 6.07 Å². The monoisotopic (exact) mass is 436 g/mol. The molecular formula is C20H14N5O7-. The van der Waals surface area contributed by atoms with Crippen LogP contribution in [0.2, 0.25) is 0 Å². The highest BCUT2D eigenvalue weighted by atomic mass is 16.8. The van der Waals surface area contributed by atoms with Crippen molar-refractivity contribution >= 4 is 23.3 Å². The zero-order chi connectivity index (χ0) is 23.4. The number of fused-ring (bicyclic) bond motifs is 1. The molecule has 1 aromatic carbocycles. The number of carbonyl (C=O) groups excluding carboxylic acids is 3. The molecule has 0 spiro atoms. The van der Waals surface area contributed by atoms with Gasteiger partial charge in [0, 0.05) is 12.1 Å². The summed E-state index contributed by atoms with van der Waals surface area (Å²) in [4.78, 5) is 43.5. The van der Waals surface area contributed by atoms with E-state index in [0.29, 0.717) is 0 Å². The highest BCUT2D eigenvalue weighted by molar-refractivity contribution is 6.45. The highest BCUT2D eigenvalue weighted by Crippen LogP contribution is 2.29. The van der Waals surface area contributed by atoms with Crippen LogP contribution in [0.3, 0.4) is 0 Å². The molecule has 1 aliphatic heterocycles. The summed E-state index contributed by atoms with van der Waals surface area (Å²) >= 11 is 0. The number of H-pyrrole nitrogens is 1. The molecule has 0 radical (unpaired) electrons. The number of rotatable bonds is 5. The number of aromatic hydroxyl groups is 1. The molecule has 2 aliphatic rings. The molecule has 1 atom stereocenters. The van der Waals surface area contributed by atoms with Gasteiger partial charge < -0.3 is 30.6 Å². The molecular weight excluding hydrogens is 422 g/mol. The lowest BCUT2D eigenvalue weighted by Gasteiger charge is -2.17. The molecule has 1 heterocycles. The maximum atomic E-state index is 12.8. The van der Waals surface area contributed by atoms with Crippen molar-refractivity contribution in [2.75, 3.05) is 12.4 Å². The first-order valence-electron chi connectivity index (χ1n) is 8.89. The predicted octanol–water partition coefficient (Wildman–Crippen LogP) is 0.324. The third-order valence-electron chi connectivity index (χ3n) is 4.42. The number of nitriles is 1. The molecule has 32 heavy (non-hydrogen) atoms. The van der Waals surface area contributed by atoms with Crippen LogP contribution in [0.4, 0.5) is 5.69 Å². The number of methoxy groups -OCH3 is 1. The molecule has 0 fully saturated rings. The van der Waals surface area contributed by atoms with Gasteiger partial charge in [0.1, 0.15) is 11.8 Å². The van der Waals surface area contributed by atoms with E-state index in [4.69, 9.17) is 5.26 Å². The molecule has 3 N–H and O–H groups in total. The number of benzene rings is 2. The Morgan fingerprint density at radius 3 is 2.62 bits per heavy atom. The molecule has 1 aliphatic carbocycles. The van der Waals surface area contributed by atoms with E-state index in [0.717, 1.165) is 19.2 Å². The number of ketones is 1. The van der Waals surface area contributed by atoms with Crippen LogP contribution in [-0.4, -0.2) is 39.8 Å². The number of para-hydroxylation sites is 1. The van der Waals surface area contributed by atoms with E-state index in [1.165, 1.54) is 24.3 Å². The zero-order valence-electron chi connectivity index (χ0n) is 16.4. The molecule has 0 saturated carbocycles. The number of aromatic amines is 1. The van der Waals surface area contributed by atoms with E-state index in [9.17, 15) is 29.9 Å². The molecule has 1 unspecified atom stereocenters. The number of hydrogen-bond donors (Lipinski definition) is 3. The van der Waals surface area contributed by atoms with Gasteiger partial charge in [-0.05, 0) is 18.2 Å². The highest BCUT2D eigenvalue weighted by Gasteiger charge is 2.38. The third kappa shape index (κ3) is 4.17. The Morgan fingerprint density at radius 1 is 1.25 bits per heavy atom. The minimum Gasteiger partial charge on any atom is -0.612 e. The van der Waals surface area contributed by atoms with E-state index in [-0.39, 0.29) is 28.0 Å². The summed E-state index contributed by atoms with van der Waals surface area (Å²) in [5.41, 5.74) is -0.229. The van der Waals surface area contributed by atoms with Crippen LogP contribution in [0, 0.1) is 21.7 Å². The van der Waals surface area contributed by atoms with Gasteiger partial charge in [-0.3, -0.25) is 14.4 Å². The Labute approximate surface area is 179 Å². The van der Waals surface area contributed by atoms with Crippen molar-refractivity contribution in [3.63, 3.8) is 0 Å². The van der Waals surface area contributed by atoms with Gasteiger partial charge in [0.25, 0.3) is 5.91 Å². The first-order chi connectivity index (χ1) is 15.3. The minimum atomic E-state index is -1.94. The van der Waals surface area contributed by atoms with Gasteiger partial charge in [0.15, 0.2) is 5.92 Å². The Morgan fingerprint density at radius 2 is 1.97 bits per heavy atom. The van der Waals surface area contributed by atoms with Crippen molar-refractivity contribution < 1.29 is 24.2 Å². The average Bonchev–Trinajstić information content (AvgIpc) is 2.79. The van der Waals surface area contributed by atoms with Crippen LogP contribution >= 0.6 is 0 Å². The number of nitrogens with one attached hydrogen (secondary N) is 2. The van der Waals surface area contributed by atoms with Crippen molar-refractivity contribution in [1.29, 1.82) is 5.26 Å². The maximum absolute atomic E-state index is 12.8. The van der Waals surface area contributed by atoms with E-state index >= 15 is 0 Å². The van der Waals surface area contributed by atoms with Crippen molar-refractivity contribution in [2.45, 2.75) is 5.92 Å². The molecule has 1 amide bonds. The topological polar surface area (TPSA) is 194 Å². The molecule has 3 rings (SSSR count). The second kappa shape index (κ2) is 8.84. The molecule has 162 valence electrons. The van der Waals surface area contributed by atoms with Crippen molar-refractivity contribution in [3.8, 4) is 23.3 Å². The SMILES string of the molecule is COC(=O)C(C(=O)C(=O)Nc1ccccc1C#N)c1nc2ccc(=[N+]([O-])[O-])cc-2[nH]c1O. The fourth-order valence-corrected chi connectivity index (χ4v) is 2.88. The summed E-state index contributed by atoms with van der Waals surface area (Å²) in [7, 11) is 0.983. The van der Waals surface area contributed by atoms with E-state index in [2.05, 4.69) is 20.0 Å². The van der Waals surface area contributed by atoms with Crippen molar-refractivity contribution in [2.24, 2.45) is 0 Å². The summed E-state index contributed by atoms with van der Waals surface area (Å²) in [6.45, 7) is 0. The lowest BCUT2D eigenvalue weighted by molar-refractivity contribution is -0.148. The lowest BCUT2D eigenvalue weighted by Crippen LogP contribution is -2.34. The Balaban J connectivity index is 2.04. The predicted molar refractivity (Wildman–Crippen MR) is 108 cm³/mol. The smallest absolute Gasteiger partial charge is 0.323 e. The van der Waals surface area contributed by atoms with Gasteiger partial charge in [0.05, 0.1) is 29.7 Å². The van der Waals surface area contributed by atoms with Crippen LogP contribution in [-0.2, 0) is 19.1 Å². The third-order valence-corrected chi connectivity index (χ3v) is 4.42. The quantitative estimate of drug-likeness (QED) is 0.218. The van der Waals surface area contributed by atoms with Gasteiger partial charge in [-0.15, -0.1) is 0 Å². The van der Waals surface area contributed by atoms with Gasteiger partial charge in [0.2, 0.25) is 17.0 Å². The Hall–Kier alpha value is -4.92. The Kier molecular flexibility index (Phi) is 6.02. The maximum Gasteiger partial charge on any atom is 0.323 e. The van der Waals surface area contributed by atoms with E-state index in [1.54, 1.807) is 6.07 Å². The summed E-state index contributed by atoms with van der Waals surface area (Å²) < 4.78 is 4.60. The van der Waals surface area contributed by atoms with Gasteiger partial charge in [-0.2, -0.15) is 10.2 Å². The minimum absolute atomic E-state index is 0.0477. The average molecular weight is 436 g/mol. The summed E-state index contributed by atoms with van der Waals surface area (Å²) in [6.07, 6.45) is 0. The number of ether oxygens (including phenoxy) is 1. The molecule has 12 nitrogen and oxygen atoms in total. The fourth-order valence-electron chi connectivity index (χ4n) is 2.88. The number of hydrogen-bond acceptors (Lipinski definition) is 9. The van der Waals surface area contributed by atoms with Crippen molar-refractivity contribution in [3.05, 3.63) is 69.5 Å². The molecule has 0 bridgehead atoms. The van der Waals surface area contributed by atoms with Crippen LogP contribution < -0.4 is 15.6 Å². The largest absolute Gasteiger partial charge is 0.612 e. The number of carbonyl (C=O) groups is 3. The van der Waals surface area contributed by atoms with Crippen LogP contribution in [0.25, 0.3) is 11.4 Å². The first-order valence-corrected chi connectivity index (χ1v) is 8.89. The first kappa shape index (κ1) is 21.8. The van der Waals surface area contributed by atoms with Gasteiger partial charge in [-0.1, -0.05) is 12.1 Å². The molecule has 0 saturated heterocycles. The lowest BCUT2D eigenvalue weighted by atomic mass is 9.98. The number of aromatic nitrogens is 2. The van der Waals surface area contributed by atoms with Crippen molar-refractivity contribution in [1.82, 2.24) is 14.9 Å². The number of esters is 1. The Bertz CT molecular complexity index is 1300. The number of Topliss-reactive ketones (excluding diaryl/α,β-unsaturated/α-hetero) is 1. The van der Waals surface area contributed by atoms with Crippen LogP contribution in [0.1, 0.15) is 17.2 Å². The fraction of sp³-hybridized carbons (Fsp3) is 0.100. The molecule has 0 aromatic heterocycles. The number of anilines is 1. The normalized spacial score (nSPS) is 11.2. The number of amides is 1. The zero-order valence-corrected chi connectivity index (χ0v) is 16.4. The van der Waals surface area contributed by atoms with Gasteiger partial charge >= 0.3 is 5.97 Å². The number of nitrogens with zero attached hydrogens (tertiary/aromatic N) is 3. The summed E-state index contributed by atoms with van der Waals surface area (Å²) in [6, 6.07) is 11.2.